The Balaban J connectivity index is 1.92. The Morgan fingerprint density at radius 2 is 1.92 bits per heavy atom. The van der Waals surface area contributed by atoms with Crippen LogP contribution in [0, 0.1) is 0 Å². The van der Waals surface area contributed by atoms with Gasteiger partial charge in [-0.3, -0.25) is 4.79 Å². The van der Waals surface area contributed by atoms with Crippen LogP contribution in [0.5, 0.6) is 5.75 Å². The second-order valence-corrected chi connectivity index (χ2v) is 13.1. The van der Waals surface area contributed by atoms with Crippen LogP contribution >= 0.6 is 18.7 Å². The van der Waals surface area contributed by atoms with Crippen molar-refractivity contribution < 1.29 is 14.1 Å². The van der Waals surface area contributed by atoms with Gasteiger partial charge in [-0.1, -0.05) is 30.3 Å². The number of halogens is 1. The van der Waals surface area contributed by atoms with Crippen LogP contribution in [0.15, 0.2) is 61.3 Å². The van der Waals surface area contributed by atoms with Gasteiger partial charge in [-0.15, -0.1) is 0 Å². The Kier molecular flexibility index (Phi) is 10.1. The zero-order valence-electron chi connectivity index (χ0n) is 22.6. The van der Waals surface area contributed by atoms with Gasteiger partial charge in [0, 0.05) is 29.5 Å². The maximum absolute atomic E-state index is 12.8. The van der Waals surface area contributed by atoms with Crippen molar-refractivity contribution in [2.75, 3.05) is 57.8 Å². The van der Waals surface area contributed by atoms with E-state index in [1.807, 2.05) is 56.6 Å². The fourth-order valence-corrected chi connectivity index (χ4v) is 5.31. The Hall–Kier alpha value is -3.19. The summed E-state index contributed by atoms with van der Waals surface area (Å²) in [6, 6.07) is 13.0. The first kappa shape index (κ1) is 29.4. The number of hydrogen-bond donors (Lipinski definition) is 1. The second kappa shape index (κ2) is 13.1. The van der Waals surface area contributed by atoms with Crippen LogP contribution in [-0.2, 0) is 15.8 Å². The number of carbonyl (C=O) groups excluding carboxylic acids is 1. The van der Waals surface area contributed by atoms with Crippen molar-refractivity contribution in [1.29, 1.82) is 0 Å². The van der Waals surface area contributed by atoms with Crippen LogP contribution in [0.25, 0.3) is 0 Å². The first-order chi connectivity index (χ1) is 18.0. The van der Waals surface area contributed by atoms with Crippen LogP contribution in [0.1, 0.15) is 17.8 Å². The number of anilines is 3. The molecule has 0 aliphatic carbocycles. The lowest BCUT2D eigenvalue weighted by Gasteiger charge is -2.23. The van der Waals surface area contributed by atoms with Crippen molar-refractivity contribution in [2.24, 2.45) is 0 Å². The molecule has 0 aliphatic heterocycles. The number of carbonyl (C=O) groups is 1. The van der Waals surface area contributed by atoms with Crippen molar-refractivity contribution >= 4 is 47.1 Å². The monoisotopic (exact) mass is 555 g/mol. The molecule has 0 saturated heterocycles. The summed E-state index contributed by atoms with van der Waals surface area (Å²) in [6.07, 6.45) is 4.02. The highest BCUT2D eigenvalue weighted by Gasteiger charge is 2.19. The van der Waals surface area contributed by atoms with Crippen molar-refractivity contribution in [1.82, 2.24) is 14.9 Å². The smallest absolute Gasteiger partial charge is 0.250 e. The van der Waals surface area contributed by atoms with Gasteiger partial charge in [-0.2, -0.15) is 0 Å². The van der Waals surface area contributed by atoms with E-state index in [4.69, 9.17) is 16.3 Å². The average molecular weight is 556 g/mol. The number of methoxy groups -OCH3 is 1. The third-order valence-corrected chi connectivity index (χ3v) is 7.71. The Morgan fingerprint density at radius 3 is 2.58 bits per heavy atom. The van der Waals surface area contributed by atoms with Crippen LogP contribution in [0.2, 0.25) is 5.02 Å². The summed E-state index contributed by atoms with van der Waals surface area (Å²) in [5, 5.41) is 4.29. The summed E-state index contributed by atoms with van der Waals surface area (Å²) in [7, 11) is 3.07. The predicted octanol–water partition coefficient (Wildman–Crippen LogP) is 5.19. The van der Waals surface area contributed by atoms with E-state index in [1.165, 1.54) is 12.3 Å². The molecule has 0 spiro atoms. The number of hydrogen-bond acceptors (Lipinski definition) is 7. The molecule has 2 aromatic carbocycles. The molecule has 3 aromatic rings. The largest absolute Gasteiger partial charge is 0.496 e. The summed E-state index contributed by atoms with van der Waals surface area (Å²) >= 11 is 6.42. The molecule has 3 rings (SSSR count). The minimum Gasteiger partial charge on any atom is -0.496 e. The van der Waals surface area contributed by atoms with Gasteiger partial charge in [0.1, 0.15) is 23.7 Å². The molecule has 0 fully saturated rings. The Bertz CT molecular complexity index is 1340. The van der Waals surface area contributed by atoms with E-state index in [-0.39, 0.29) is 5.91 Å². The molecule has 0 saturated carbocycles. The average Bonchev–Trinajstić information content (AvgIpc) is 2.87. The molecule has 0 unspecified atom stereocenters. The van der Waals surface area contributed by atoms with Gasteiger partial charge in [0.2, 0.25) is 5.91 Å². The maximum Gasteiger partial charge on any atom is 0.250 e. The van der Waals surface area contributed by atoms with Gasteiger partial charge in [0.15, 0.2) is 5.82 Å². The van der Waals surface area contributed by atoms with Gasteiger partial charge >= 0.3 is 0 Å². The van der Waals surface area contributed by atoms with Gasteiger partial charge in [0.05, 0.1) is 19.0 Å². The molecule has 0 atom stereocenters. The third-order valence-electron chi connectivity index (χ3n) is 5.88. The van der Waals surface area contributed by atoms with Gasteiger partial charge in [-0.05, 0) is 76.8 Å². The Labute approximate surface area is 230 Å². The van der Waals surface area contributed by atoms with E-state index in [0.29, 0.717) is 46.4 Å². The number of amides is 1. The molecule has 10 heteroatoms. The molecule has 0 bridgehead atoms. The first-order valence-electron chi connectivity index (χ1n) is 12.2. The molecular weight excluding hydrogens is 521 g/mol. The summed E-state index contributed by atoms with van der Waals surface area (Å²) in [6.45, 7) is 8.52. The molecule has 0 aliphatic rings. The number of aromatic nitrogens is 2. The van der Waals surface area contributed by atoms with E-state index in [2.05, 4.69) is 26.8 Å². The zero-order valence-corrected chi connectivity index (χ0v) is 24.2. The number of nitrogens with zero attached hydrogens (tertiary/aromatic N) is 4. The van der Waals surface area contributed by atoms with E-state index in [1.54, 1.807) is 25.3 Å². The summed E-state index contributed by atoms with van der Waals surface area (Å²) in [5.74, 6) is 1.41. The highest BCUT2D eigenvalue weighted by Crippen LogP contribution is 2.38. The minimum atomic E-state index is -2.53. The van der Waals surface area contributed by atoms with Crippen molar-refractivity contribution in [2.45, 2.75) is 12.8 Å². The van der Waals surface area contributed by atoms with Crippen LogP contribution in [0.4, 0.5) is 17.2 Å². The molecule has 202 valence electrons. The van der Waals surface area contributed by atoms with Crippen molar-refractivity contribution in [3.63, 3.8) is 0 Å². The molecular formula is C28H35ClN5O3P. The van der Waals surface area contributed by atoms with E-state index in [9.17, 15) is 9.36 Å². The molecule has 1 aromatic heterocycles. The van der Waals surface area contributed by atoms with Gasteiger partial charge < -0.3 is 24.4 Å². The van der Waals surface area contributed by atoms with Crippen LogP contribution in [-0.4, -0.2) is 68.4 Å². The molecule has 8 nitrogen and oxygen atoms in total. The fourth-order valence-electron chi connectivity index (χ4n) is 4.02. The highest BCUT2D eigenvalue weighted by atomic mass is 35.5. The predicted molar refractivity (Wildman–Crippen MR) is 157 cm³/mol. The van der Waals surface area contributed by atoms with Gasteiger partial charge in [-0.25, -0.2) is 9.97 Å². The minimum absolute atomic E-state index is 0.170. The van der Waals surface area contributed by atoms with Crippen LogP contribution in [0.3, 0.4) is 0 Å². The molecule has 1 amide bonds. The summed E-state index contributed by atoms with van der Waals surface area (Å²) in [4.78, 5) is 25.5. The summed E-state index contributed by atoms with van der Waals surface area (Å²) in [5.41, 5.74) is 2.25. The molecule has 1 heterocycles. The van der Waals surface area contributed by atoms with Crippen molar-refractivity contribution in [3.8, 4) is 5.75 Å². The third kappa shape index (κ3) is 7.67. The lowest BCUT2D eigenvalue weighted by atomic mass is 10.1. The number of ether oxygens (including phenoxy) is 1. The highest BCUT2D eigenvalue weighted by molar-refractivity contribution is 7.70. The quantitative estimate of drug-likeness (QED) is 0.243. The van der Waals surface area contributed by atoms with Gasteiger partial charge in [0.25, 0.3) is 0 Å². The fraction of sp³-hybridized carbons (Fsp3) is 0.321. The molecule has 38 heavy (non-hydrogen) atoms. The van der Waals surface area contributed by atoms with E-state index < -0.39 is 7.14 Å². The van der Waals surface area contributed by atoms with E-state index >= 15 is 0 Å². The SMILES string of the molecule is C=CC(=O)N(CCCN(C)C)c1ccc(OC)c(Cc2ncc(Cl)c(Nc3ccccc3P(C)(C)=O)n2)c1. The summed E-state index contributed by atoms with van der Waals surface area (Å²) < 4.78 is 18.4. The lowest BCUT2D eigenvalue weighted by Crippen LogP contribution is -2.32. The molecule has 1 N–H and O–H groups in total. The lowest BCUT2D eigenvalue weighted by molar-refractivity contribution is -0.114. The zero-order chi connectivity index (χ0) is 27.9. The normalized spacial score (nSPS) is 11.3. The number of nitrogens with one attached hydrogen (secondary N) is 1. The number of benzene rings is 2. The second-order valence-electron chi connectivity index (χ2n) is 9.50. The standard InChI is InChI=1S/C28H35ClN5O3P/c1-7-27(35)34(16-10-15-33(2)3)21-13-14-24(37-4)20(17-21)18-26-30-19-22(29)28(32-26)31-23-11-8-9-12-25(23)38(5,6)36/h7-9,11-14,17,19H,1,10,15-16,18H2,2-6H3,(H,30,31,32). The molecule has 0 radical (unpaired) electrons. The van der Waals surface area contributed by atoms with Crippen molar-refractivity contribution in [3.05, 3.63) is 77.7 Å². The van der Waals surface area contributed by atoms with Crippen LogP contribution < -0.4 is 20.3 Å². The number of rotatable bonds is 12. The first-order valence-corrected chi connectivity index (χ1v) is 15.2. The Morgan fingerprint density at radius 1 is 1.18 bits per heavy atom. The van der Waals surface area contributed by atoms with E-state index in [0.717, 1.165) is 24.2 Å². The topological polar surface area (TPSA) is 87.7 Å². The maximum atomic E-state index is 12.8. The number of para-hydroxylation sites is 1.